The van der Waals surface area contributed by atoms with Crippen LogP contribution >= 0.6 is 0 Å². The number of esters is 1. The molecule has 5 heteroatoms. The molecular weight excluding hydrogens is 402 g/mol. The Morgan fingerprint density at radius 1 is 1.06 bits per heavy atom. The van der Waals surface area contributed by atoms with Gasteiger partial charge in [-0.3, -0.25) is 14.5 Å². The largest absolute Gasteiger partial charge is 0.497 e. The van der Waals surface area contributed by atoms with Crippen LogP contribution in [0.5, 0.6) is 5.75 Å². The van der Waals surface area contributed by atoms with Crippen molar-refractivity contribution in [3.05, 3.63) is 65.7 Å². The SMILES string of the molecule is COc1ccc([C@H]2OC(=O)C[C@@H]2C(=O)CCCC2CCN(Cc3ccccc3)CC2)cc1. The highest BCUT2D eigenvalue weighted by atomic mass is 16.6. The van der Waals surface area contributed by atoms with Gasteiger partial charge in [-0.25, -0.2) is 0 Å². The molecule has 0 bridgehead atoms. The molecule has 2 aliphatic rings. The first kappa shape index (κ1) is 22.5. The highest BCUT2D eigenvalue weighted by molar-refractivity contribution is 5.88. The van der Waals surface area contributed by atoms with Crippen LogP contribution in [-0.4, -0.2) is 36.9 Å². The summed E-state index contributed by atoms with van der Waals surface area (Å²) in [4.78, 5) is 27.4. The summed E-state index contributed by atoms with van der Waals surface area (Å²) in [6.45, 7) is 3.27. The number of benzene rings is 2. The summed E-state index contributed by atoms with van der Waals surface area (Å²) < 4.78 is 10.7. The maximum absolute atomic E-state index is 12.9. The van der Waals surface area contributed by atoms with E-state index in [-0.39, 0.29) is 24.1 Å². The third-order valence-electron chi connectivity index (χ3n) is 6.86. The van der Waals surface area contributed by atoms with Crippen molar-refractivity contribution in [2.75, 3.05) is 20.2 Å². The number of hydrogen-bond donors (Lipinski definition) is 0. The minimum Gasteiger partial charge on any atom is -0.497 e. The molecule has 0 radical (unpaired) electrons. The van der Waals surface area contributed by atoms with Crippen molar-refractivity contribution in [1.82, 2.24) is 4.90 Å². The second-order valence-electron chi connectivity index (χ2n) is 9.06. The van der Waals surface area contributed by atoms with Gasteiger partial charge in [0.05, 0.1) is 19.4 Å². The number of ketones is 1. The van der Waals surface area contributed by atoms with Crippen LogP contribution in [0.15, 0.2) is 54.6 Å². The molecule has 2 fully saturated rings. The summed E-state index contributed by atoms with van der Waals surface area (Å²) in [5.41, 5.74) is 2.23. The number of piperidine rings is 1. The second kappa shape index (κ2) is 10.8. The lowest BCUT2D eigenvalue weighted by molar-refractivity contribution is -0.141. The van der Waals surface area contributed by atoms with Crippen LogP contribution in [0.3, 0.4) is 0 Å². The molecule has 2 heterocycles. The number of likely N-dealkylation sites (tertiary alicyclic amines) is 1. The number of cyclic esters (lactones) is 1. The van der Waals surface area contributed by atoms with Gasteiger partial charge in [-0.2, -0.15) is 0 Å². The van der Waals surface area contributed by atoms with Crippen molar-refractivity contribution < 1.29 is 19.1 Å². The number of ether oxygens (including phenoxy) is 2. The lowest BCUT2D eigenvalue weighted by Gasteiger charge is -2.32. The molecule has 0 aromatic heterocycles. The number of methoxy groups -OCH3 is 1. The fourth-order valence-corrected chi connectivity index (χ4v) is 4.96. The van der Waals surface area contributed by atoms with Crippen LogP contribution in [0.25, 0.3) is 0 Å². The normalized spacial score (nSPS) is 22.0. The van der Waals surface area contributed by atoms with E-state index in [0.29, 0.717) is 12.3 Å². The predicted molar refractivity (Wildman–Crippen MR) is 123 cm³/mol. The first-order valence-corrected chi connectivity index (χ1v) is 11.7. The van der Waals surface area contributed by atoms with E-state index in [1.54, 1.807) is 7.11 Å². The van der Waals surface area contributed by atoms with Crippen LogP contribution in [0.1, 0.15) is 55.8 Å². The van der Waals surface area contributed by atoms with Gasteiger partial charge in [-0.15, -0.1) is 0 Å². The van der Waals surface area contributed by atoms with Gasteiger partial charge in [0.2, 0.25) is 0 Å². The Morgan fingerprint density at radius 3 is 2.47 bits per heavy atom. The average molecular weight is 436 g/mol. The van der Waals surface area contributed by atoms with E-state index in [2.05, 4.69) is 35.2 Å². The first-order chi connectivity index (χ1) is 15.6. The fraction of sp³-hybridized carbons (Fsp3) is 0.481. The van der Waals surface area contributed by atoms with Gasteiger partial charge < -0.3 is 9.47 Å². The maximum Gasteiger partial charge on any atom is 0.307 e. The van der Waals surface area contributed by atoms with Gasteiger partial charge in [0.25, 0.3) is 0 Å². The van der Waals surface area contributed by atoms with E-state index in [1.807, 2.05) is 24.3 Å². The molecule has 0 amide bonds. The zero-order valence-electron chi connectivity index (χ0n) is 18.9. The van der Waals surface area contributed by atoms with Crippen molar-refractivity contribution in [1.29, 1.82) is 0 Å². The summed E-state index contributed by atoms with van der Waals surface area (Å²) in [6.07, 6.45) is 4.61. The Morgan fingerprint density at radius 2 is 1.78 bits per heavy atom. The minimum absolute atomic E-state index is 0.151. The van der Waals surface area contributed by atoms with Crippen molar-refractivity contribution in [3.63, 3.8) is 0 Å². The van der Waals surface area contributed by atoms with Gasteiger partial charge in [0, 0.05) is 13.0 Å². The summed E-state index contributed by atoms with van der Waals surface area (Å²) in [7, 11) is 1.62. The van der Waals surface area contributed by atoms with Crippen LogP contribution in [0.2, 0.25) is 0 Å². The molecular formula is C27H33NO4. The molecule has 0 saturated carbocycles. The Kier molecular flexibility index (Phi) is 7.59. The van der Waals surface area contributed by atoms with Gasteiger partial charge in [-0.05, 0) is 68.0 Å². The number of rotatable bonds is 9. The molecule has 5 nitrogen and oxygen atoms in total. The van der Waals surface area contributed by atoms with Gasteiger partial charge in [0.15, 0.2) is 0 Å². The van der Waals surface area contributed by atoms with Crippen molar-refractivity contribution in [2.24, 2.45) is 11.8 Å². The van der Waals surface area contributed by atoms with Crippen molar-refractivity contribution >= 4 is 11.8 Å². The molecule has 32 heavy (non-hydrogen) atoms. The minimum atomic E-state index is -0.470. The fourth-order valence-electron chi connectivity index (χ4n) is 4.96. The zero-order chi connectivity index (χ0) is 22.3. The standard InChI is InChI=1S/C27H33NO4/c1-31-23-12-10-22(11-13-23)27-24(18-26(30)32-27)25(29)9-5-8-20-14-16-28(17-15-20)19-21-6-3-2-4-7-21/h2-4,6-7,10-13,20,24,27H,5,8-9,14-19H2,1H3/t24-,27-/m1/s1. The van der Waals surface area contributed by atoms with Crippen LogP contribution < -0.4 is 4.74 Å². The zero-order valence-corrected chi connectivity index (χ0v) is 18.9. The van der Waals surface area contributed by atoms with E-state index in [4.69, 9.17) is 9.47 Å². The van der Waals surface area contributed by atoms with Crippen molar-refractivity contribution in [3.8, 4) is 5.75 Å². The molecule has 0 unspecified atom stereocenters. The quantitative estimate of drug-likeness (QED) is 0.522. The highest BCUT2D eigenvalue weighted by Crippen LogP contribution is 2.37. The van der Waals surface area contributed by atoms with E-state index < -0.39 is 6.10 Å². The molecule has 2 aromatic rings. The molecule has 2 saturated heterocycles. The second-order valence-corrected chi connectivity index (χ2v) is 9.06. The molecule has 170 valence electrons. The third-order valence-corrected chi connectivity index (χ3v) is 6.86. The van der Waals surface area contributed by atoms with E-state index in [9.17, 15) is 9.59 Å². The number of carbonyl (C=O) groups is 2. The Hall–Kier alpha value is -2.66. The molecule has 0 spiro atoms. The lowest BCUT2D eigenvalue weighted by atomic mass is 9.86. The Balaban J connectivity index is 1.21. The van der Waals surface area contributed by atoms with Crippen LogP contribution in [0.4, 0.5) is 0 Å². The highest BCUT2D eigenvalue weighted by Gasteiger charge is 2.40. The summed E-state index contributed by atoms with van der Waals surface area (Å²) in [5.74, 6) is 0.932. The predicted octanol–water partition coefficient (Wildman–Crippen LogP) is 4.95. The van der Waals surface area contributed by atoms with E-state index >= 15 is 0 Å². The number of nitrogens with zero attached hydrogens (tertiary/aromatic N) is 1. The van der Waals surface area contributed by atoms with Crippen LogP contribution in [0, 0.1) is 11.8 Å². The topological polar surface area (TPSA) is 55.8 Å². The molecule has 0 N–H and O–H groups in total. The van der Waals surface area contributed by atoms with E-state index in [0.717, 1.165) is 43.8 Å². The molecule has 0 aliphatic carbocycles. The summed E-state index contributed by atoms with van der Waals surface area (Å²) in [6, 6.07) is 18.1. The van der Waals surface area contributed by atoms with E-state index in [1.165, 1.54) is 18.4 Å². The average Bonchev–Trinajstić information content (AvgIpc) is 3.22. The first-order valence-electron chi connectivity index (χ1n) is 11.7. The van der Waals surface area contributed by atoms with Crippen LogP contribution in [-0.2, 0) is 20.9 Å². The summed E-state index contributed by atoms with van der Waals surface area (Å²) in [5, 5.41) is 0. The Labute approximate surface area is 190 Å². The van der Waals surface area contributed by atoms with Gasteiger partial charge in [0.1, 0.15) is 17.6 Å². The molecule has 2 atom stereocenters. The lowest BCUT2D eigenvalue weighted by Crippen LogP contribution is -2.33. The number of hydrogen-bond acceptors (Lipinski definition) is 5. The molecule has 2 aromatic carbocycles. The molecule has 4 rings (SSSR count). The Bertz CT molecular complexity index is 888. The molecule has 2 aliphatic heterocycles. The smallest absolute Gasteiger partial charge is 0.307 e. The van der Waals surface area contributed by atoms with Gasteiger partial charge >= 0.3 is 5.97 Å². The van der Waals surface area contributed by atoms with Crippen molar-refractivity contribution in [2.45, 2.75) is 51.2 Å². The summed E-state index contributed by atoms with van der Waals surface area (Å²) >= 11 is 0. The number of Topliss-reactive ketones (excluding diaryl/α,β-unsaturated/α-hetero) is 1. The number of carbonyl (C=O) groups excluding carboxylic acids is 2. The monoisotopic (exact) mass is 435 g/mol. The van der Waals surface area contributed by atoms with Gasteiger partial charge in [-0.1, -0.05) is 42.5 Å². The third kappa shape index (κ3) is 5.77. The maximum atomic E-state index is 12.9.